The quantitative estimate of drug-likeness (QED) is 0.321. The van der Waals surface area contributed by atoms with Crippen LogP contribution in [0.15, 0.2) is 77.2 Å². The molecule has 1 aromatic heterocycles. The Morgan fingerprint density at radius 2 is 1.63 bits per heavy atom. The van der Waals surface area contributed by atoms with E-state index in [9.17, 15) is 4.79 Å². The second kappa shape index (κ2) is 11.4. The van der Waals surface area contributed by atoms with Crippen LogP contribution >= 0.6 is 0 Å². The number of benzene rings is 3. The van der Waals surface area contributed by atoms with Gasteiger partial charge in [0, 0.05) is 23.2 Å². The van der Waals surface area contributed by atoms with Crippen molar-refractivity contribution in [2.45, 2.75) is 20.8 Å². The van der Waals surface area contributed by atoms with E-state index in [1.165, 1.54) is 0 Å². The third kappa shape index (κ3) is 6.13. The van der Waals surface area contributed by atoms with Crippen LogP contribution < -0.4 is 10.1 Å². The molecular weight excluding hydrogens is 440 g/mol. The second-order valence-electron chi connectivity index (χ2n) is 8.18. The molecule has 0 saturated carbocycles. The van der Waals surface area contributed by atoms with E-state index in [0.717, 1.165) is 36.3 Å². The van der Waals surface area contributed by atoms with E-state index in [1.807, 2.05) is 55.5 Å². The first-order valence-electron chi connectivity index (χ1n) is 11.8. The first-order valence-corrected chi connectivity index (χ1v) is 11.8. The maximum atomic E-state index is 12.9. The molecule has 0 aliphatic carbocycles. The molecule has 7 nitrogen and oxygen atoms in total. The minimum Gasteiger partial charge on any atom is -0.490 e. The highest BCUT2D eigenvalue weighted by Gasteiger charge is 2.13. The van der Waals surface area contributed by atoms with E-state index in [4.69, 9.17) is 9.15 Å². The highest BCUT2D eigenvalue weighted by Crippen LogP contribution is 2.26. The van der Waals surface area contributed by atoms with E-state index in [0.29, 0.717) is 35.4 Å². The van der Waals surface area contributed by atoms with E-state index in [-0.39, 0.29) is 5.91 Å². The van der Waals surface area contributed by atoms with Crippen molar-refractivity contribution in [1.82, 2.24) is 15.1 Å². The highest BCUT2D eigenvalue weighted by atomic mass is 16.5. The summed E-state index contributed by atoms with van der Waals surface area (Å²) in [5.41, 5.74) is 3.89. The number of nitrogens with one attached hydrogen (secondary N) is 1. The Labute approximate surface area is 205 Å². The number of likely N-dealkylation sites (N-methyl/N-ethyl adjacent to an activating group) is 1. The number of ether oxygens (including phenoxy) is 1. The summed E-state index contributed by atoms with van der Waals surface area (Å²) >= 11 is 0. The van der Waals surface area contributed by atoms with Gasteiger partial charge in [-0.25, -0.2) is 0 Å². The summed E-state index contributed by atoms with van der Waals surface area (Å²) in [6, 6.07) is 22.5. The number of aromatic nitrogens is 2. The average molecular weight is 471 g/mol. The van der Waals surface area contributed by atoms with Gasteiger partial charge in [0.25, 0.3) is 5.91 Å². The van der Waals surface area contributed by atoms with Crippen molar-refractivity contribution in [3.05, 3.63) is 83.9 Å². The third-order valence-corrected chi connectivity index (χ3v) is 5.78. The number of amides is 1. The first-order chi connectivity index (χ1) is 17.1. The molecule has 0 radical (unpaired) electrons. The number of carbonyl (C=O) groups excluding carboxylic acids is 1. The Morgan fingerprint density at radius 3 is 2.34 bits per heavy atom. The van der Waals surface area contributed by atoms with Gasteiger partial charge in [0.15, 0.2) is 0 Å². The van der Waals surface area contributed by atoms with Gasteiger partial charge < -0.3 is 19.4 Å². The van der Waals surface area contributed by atoms with Crippen LogP contribution in [0.2, 0.25) is 0 Å². The highest BCUT2D eigenvalue weighted by molar-refractivity contribution is 6.05. The summed E-state index contributed by atoms with van der Waals surface area (Å²) in [7, 11) is 0. The van der Waals surface area contributed by atoms with Gasteiger partial charge in [-0.2, -0.15) is 0 Å². The van der Waals surface area contributed by atoms with E-state index >= 15 is 0 Å². The Balaban J connectivity index is 1.41. The molecule has 3 aromatic carbocycles. The standard InChI is InChI=1S/C28H30N4O3/c1-4-32(5-2)17-18-34-25-12-7-6-11-24(25)29-26(33)21-13-15-22(16-14-21)27-30-31-28(35-27)23-10-8-9-20(3)19-23/h6-16,19H,4-5,17-18H2,1-3H3,(H,29,33). The summed E-state index contributed by atoms with van der Waals surface area (Å²) < 4.78 is 11.8. The topological polar surface area (TPSA) is 80.5 Å². The summed E-state index contributed by atoms with van der Waals surface area (Å²) in [6.07, 6.45) is 0. The molecule has 1 heterocycles. The zero-order valence-corrected chi connectivity index (χ0v) is 20.3. The number of para-hydroxylation sites is 2. The SMILES string of the molecule is CCN(CC)CCOc1ccccc1NC(=O)c1ccc(-c2nnc(-c3cccc(C)c3)o2)cc1. The largest absolute Gasteiger partial charge is 0.490 e. The lowest BCUT2D eigenvalue weighted by atomic mass is 10.1. The van der Waals surface area contributed by atoms with Crippen molar-refractivity contribution in [3.63, 3.8) is 0 Å². The molecule has 0 saturated heterocycles. The zero-order valence-electron chi connectivity index (χ0n) is 20.3. The van der Waals surface area contributed by atoms with Crippen LogP contribution in [0, 0.1) is 6.92 Å². The fourth-order valence-electron chi connectivity index (χ4n) is 3.71. The molecular formula is C28H30N4O3. The smallest absolute Gasteiger partial charge is 0.255 e. The monoisotopic (exact) mass is 470 g/mol. The van der Waals surface area contributed by atoms with Crippen LogP contribution in [0.1, 0.15) is 29.8 Å². The molecule has 0 bridgehead atoms. The number of hydrogen-bond acceptors (Lipinski definition) is 6. The van der Waals surface area contributed by atoms with E-state index in [1.54, 1.807) is 24.3 Å². The Bertz CT molecular complexity index is 1260. The van der Waals surface area contributed by atoms with Crippen molar-refractivity contribution >= 4 is 11.6 Å². The van der Waals surface area contributed by atoms with Gasteiger partial charge in [-0.15, -0.1) is 10.2 Å². The normalized spacial score (nSPS) is 11.0. The summed E-state index contributed by atoms with van der Waals surface area (Å²) in [6.45, 7) is 9.61. The molecule has 0 atom stereocenters. The molecule has 0 aliphatic heterocycles. The number of hydrogen-bond donors (Lipinski definition) is 1. The molecule has 4 aromatic rings. The maximum Gasteiger partial charge on any atom is 0.255 e. The average Bonchev–Trinajstić information content (AvgIpc) is 3.38. The fraction of sp³-hybridized carbons (Fsp3) is 0.250. The van der Waals surface area contributed by atoms with Crippen molar-refractivity contribution in [2.75, 3.05) is 31.6 Å². The predicted octanol–water partition coefficient (Wildman–Crippen LogP) is 5.68. The zero-order chi connectivity index (χ0) is 24.6. The predicted molar refractivity (Wildman–Crippen MR) is 138 cm³/mol. The lowest BCUT2D eigenvalue weighted by Crippen LogP contribution is -2.28. The van der Waals surface area contributed by atoms with Gasteiger partial charge in [-0.1, -0.05) is 43.7 Å². The number of carbonyl (C=O) groups is 1. The molecule has 0 spiro atoms. The molecule has 1 amide bonds. The molecule has 4 rings (SSSR count). The van der Waals surface area contributed by atoms with Gasteiger partial charge >= 0.3 is 0 Å². The number of aryl methyl sites for hydroxylation is 1. The Kier molecular flexibility index (Phi) is 7.90. The minimum atomic E-state index is -0.220. The van der Waals surface area contributed by atoms with Gasteiger partial charge in [0.1, 0.15) is 12.4 Å². The van der Waals surface area contributed by atoms with E-state index < -0.39 is 0 Å². The van der Waals surface area contributed by atoms with Gasteiger partial charge in [0.05, 0.1) is 5.69 Å². The first kappa shape index (κ1) is 24.2. The van der Waals surface area contributed by atoms with Crippen LogP contribution in [0.4, 0.5) is 5.69 Å². The van der Waals surface area contributed by atoms with Crippen molar-refractivity contribution < 1.29 is 13.9 Å². The fourth-order valence-corrected chi connectivity index (χ4v) is 3.71. The molecule has 180 valence electrons. The minimum absolute atomic E-state index is 0.220. The van der Waals surface area contributed by atoms with Crippen LogP contribution in [0.3, 0.4) is 0 Å². The number of nitrogens with zero attached hydrogens (tertiary/aromatic N) is 3. The Morgan fingerprint density at radius 1 is 0.914 bits per heavy atom. The van der Waals surface area contributed by atoms with Crippen molar-refractivity contribution in [3.8, 4) is 28.7 Å². The summed E-state index contributed by atoms with van der Waals surface area (Å²) in [4.78, 5) is 15.2. The molecule has 0 fully saturated rings. The van der Waals surface area contributed by atoms with Gasteiger partial charge in [0.2, 0.25) is 11.8 Å². The Hall–Kier alpha value is -3.97. The number of rotatable bonds is 10. The van der Waals surface area contributed by atoms with Crippen LogP contribution in [-0.4, -0.2) is 47.2 Å². The summed E-state index contributed by atoms with van der Waals surface area (Å²) in [5, 5.41) is 11.3. The lowest BCUT2D eigenvalue weighted by Gasteiger charge is -2.19. The lowest BCUT2D eigenvalue weighted by molar-refractivity contribution is 0.102. The van der Waals surface area contributed by atoms with E-state index in [2.05, 4.69) is 34.3 Å². The third-order valence-electron chi connectivity index (χ3n) is 5.78. The van der Waals surface area contributed by atoms with Crippen LogP contribution in [-0.2, 0) is 0 Å². The molecule has 35 heavy (non-hydrogen) atoms. The van der Waals surface area contributed by atoms with Crippen LogP contribution in [0.25, 0.3) is 22.9 Å². The molecule has 0 aliphatic rings. The maximum absolute atomic E-state index is 12.9. The van der Waals surface area contributed by atoms with Crippen molar-refractivity contribution in [2.24, 2.45) is 0 Å². The summed E-state index contributed by atoms with van der Waals surface area (Å²) in [5.74, 6) is 1.30. The molecule has 1 N–H and O–H groups in total. The molecule has 0 unspecified atom stereocenters. The van der Waals surface area contributed by atoms with Crippen molar-refractivity contribution in [1.29, 1.82) is 0 Å². The van der Waals surface area contributed by atoms with Gasteiger partial charge in [-0.05, 0) is 68.5 Å². The molecule has 7 heteroatoms. The van der Waals surface area contributed by atoms with Gasteiger partial charge in [-0.3, -0.25) is 4.79 Å². The van der Waals surface area contributed by atoms with Crippen LogP contribution in [0.5, 0.6) is 5.75 Å². The number of anilines is 1. The second-order valence-corrected chi connectivity index (χ2v) is 8.18.